The monoisotopic (exact) mass is 573 g/mol. The van der Waals surface area contributed by atoms with Crippen molar-refractivity contribution in [2.75, 3.05) is 6.54 Å². The molecule has 0 saturated carbocycles. The van der Waals surface area contributed by atoms with Gasteiger partial charge >= 0.3 is 12.1 Å². The predicted molar refractivity (Wildman–Crippen MR) is 123 cm³/mol. The van der Waals surface area contributed by atoms with Crippen LogP contribution in [0.2, 0.25) is 5.02 Å². The normalized spacial score (nSPS) is 15.7. The van der Waals surface area contributed by atoms with Crippen LogP contribution in [0, 0.1) is 0 Å². The van der Waals surface area contributed by atoms with Gasteiger partial charge in [0.15, 0.2) is 0 Å². The van der Waals surface area contributed by atoms with Gasteiger partial charge < -0.3 is 5.11 Å². The van der Waals surface area contributed by atoms with Gasteiger partial charge in [-0.15, -0.1) is 0 Å². The number of hydrogen-bond donors (Lipinski definition) is 1. The van der Waals surface area contributed by atoms with Crippen molar-refractivity contribution < 1.29 is 32.7 Å². The van der Waals surface area contributed by atoms with Crippen LogP contribution < -0.4 is 0 Å². The predicted octanol–water partition coefficient (Wildman–Crippen LogP) is 5.64. The number of amides is 2. The minimum atomic E-state index is -4.59. The first kappa shape index (κ1) is 24.3. The third-order valence-electron chi connectivity index (χ3n) is 4.89. The Balaban J connectivity index is 1.67. The average Bonchev–Trinajstić information content (AvgIpc) is 3.19. The van der Waals surface area contributed by atoms with Gasteiger partial charge in [0.2, 0.25) is 0 Å². The zero-order valence-electron chi connectivity index (χ0n) is 16.8. The van der Waals surface area contributed by atoms with E-state index in [0.29, 0.717) is 37.7 Å². The molecule has 1 aromatic heterocycles. The molecule has 1 aliphatic rings. The van der Waals surface area contributed by atoms with Gasteiger partial charge in [0, 0.05) is 10.4 Å². The second-order valence-electron chi connectivity index (χ2n) is 7.19. The lowest BCUT2D eigenvalue weighted by molar-refractivity contribution is -0.140. The Hall–Kier alpha value is -2.83. The van der Waals surface area contributed by atoms with Gasteiger partial charge in [0.25, 0.3) is 11.1 Å². The van der Waals surface area contributed by atoms with E-state index < -0.39 is 35.4 Å². The van der Waals surface area contributed by atoms with E-state index in [4.69, 9.17) is 16.7 Å². The summed E-state index contributed by atoms with van der Waals surface area (Å²) >= 11 is 9.69. The first-order valence-corrected chi connectivity index (χ1v) is 11.4. The van der Waals surface area contributed by atoms with Crippen molar-refractivity contribution in [3.63, 3.8) is 0 Å². The lowest BCUT2D eigenvalue weighted by Gasteiger charge is -2.14. The number of carbonyl (C=O) groups excluding carboxylic acids is 2. The highest BCUT2D eigenvalue weighted by Crippen LogP contribution is 2.36. The number of alkyl halides is 3. The van der Waals surface area contributed by atoms with E-state index in [-0.39, 0.29) is 22.0 Å². The number of benzene rings is 2. The number of imide groups is 1. The maximum atomic E-state index is 13.5. The van der Waals surface area contributed by atoms with Crippen LogP contribution in [0.5, 0.6) is 0 Å². The molecule has 3 aromatic rings. The number of thioether (sulfide) groups is 1. The van der Waals surface area contributed by atoms with E-state index in [9.17, 15) is 27.6 Å². The molecule has 2 amide bonds. The second kappa shape index (κ2) is 9.08. The van der Waals surface area contributed by atoms with Crippen molar-refractivity contribution in [2.24, 2.45) is 0 Å². The van der Waals surface area contributed by atoms with E-state index in [1.54, 1.807) is 18.2 Å². The van der Waals surface area contributed by atoms with Gasteiger partial charge in [-0.3, -0.25) is 24.0 Å². The van der Waals surface area contributed by atoms with Crippen molar-refractivity contribution >= 4 is 73.4 Å². The van der Waals surface area contributed by atoms with Crippen molar-refractivity contribution in [1.82, 2.24) is 14.7 Å². The Morgan fingerprint density at radius 1 is 1.21 bits per heavy atom. The number of carboxylic acid groups (broad SMARTS) is 1. The van der Waals surface area contributed by atoms with E-state index in [2.05, 4.69) is 21.0 Å². The Bertz CT molecular complexity index is 1390. The van der Waals surface area contributed by atoms with Gasteiger partial charge in [-0.25, -0.2) is 0 Å². The molecule has 1 aliphatic heterocycles. The molecule has 1 saturated heterocycles. The summed E-state index contributed by atoms with van der Waals surface area (Å²) in [6.45, 7) is -0.897. The Kier molecular flexibility index (Phi) is 6.49. The van der Waals surface area contributed by atoms with Crippen LogP contribution in [0.25, 0.3) is 17.0 Å². The number of aliphatic carboxylic acids is 1. The smallest absolute Gasteiger partial charge is 0.416 e. The minimum absolute atomic E-state index is 0.00928. The fraction of sp³-hybridized carbons (Fsp3) is 0.143. The number of halogens is 5. The summed E-state index contributed by atoms with van der Waals surface area (Å²) < 4.78 is 42.2. The molecule has 0 unspecified atom stereocenters. The maximum Gasteiger partial charge on any atom is 0.416 e. The number of carbonyl (C=O) groups is 3. The highest BCUT2D eigenvalue weighted by atomic mass is 79.9. The Labute approximate surface area is 207 Å². The summed E-state index contributed by atoms with van der Waals surface area (Å²) in [5.74, 6) is -2.02. The van der Waals surface area contributed by atoms with Crippen LogP contribution >= 0.6 is 39.3 Å². The summed E-state index contributed by atoms with van der Waals surface area (Å²) in [4.78, 5) is 35.9. The molecular formula is C21H12BrClF3N3O4S. The molecule has 0 atom stereocenters. The Morgan fingerprint density at radius 2 is 1.94 bits per heavy atom. The topological polar surface area (TPSA) is 92.5 Å². The van der Waals surface area contributed by atoms with E-state index in [1.807, 2.05) is 0 Å². The highest BCUT2D eigenvalue weighted by molar-refractivity contribution is 9.10. The molecule has 0 bridgehead atoms. The molecule has 0 spiro atoms. The lowest BCUT2D eigenvalue weighted by atomic mass is 10.1. The van der Waals surface area contributed by atoms with Crippen LogP contribution in [0.1, 0.15) is 16.7 Å². The first-order chi connectivity index (χ1) is 15.9. The number of rotatable bonds is 5. The molecule has 1 N–H and O–H groups in total. The number of fused-ring (bicyclic) bond motifs is 1. The molecule has 13 heteroatoms. The fourth-order valence-corrected chi connectivity index (χ4v) is 4.92. The van der Waals surface area contributed by atoms with Crippen LogP contribution in [0.4, 0.5) is 18.0 Å². The van der Waals surface area contributed by atoms with Crippen LogP contribution in [0.3, 0.4) is 0 Å². The Morgan fingerprint density at radius 3 is 2.62 bits per heavy atom. The largest absolute Gasteiger partial charge is 0.480 e. The lowest BCUT2D eigenvalue weighted by Crippen LogP contribution is -2.33. The minimum Gasteiger partial charge on any atom is -0.480 e. The SMILES string of the molecule is O=C(O)CN1C(=O)SC(=Cc2ccc3c(c2)c(Br)nn3Cc2ccc(Cl)cc2C(F)(F)F)C1=O. The standard InChI is InChI=1S/C21H12BrClF3N3O4S/c22-18-13-5-10(6-16-19(32)28(9-17(30)31)20(33)34-16)1-4-15(13)29(27-18)8-11-2-3-12(23)7-14(11)21(24,25)26/h1-7H,8-9H2,(H,30,31). The van der Waals surface area contributed by atoms with E-state index in [1.165, 1.54) is 22.9 Å². The van der Waals surface area contributed by atoms with Gasteiger partial charge in [-0.2, -0.15) is 18.3 Å². The van der Waals surface area contributed by atoms with Crippen molar-refractivity contribution in [1.29, 1.82) is 0 Å². The second-order valence-corrected chi connectivity index (χ2v) is 9.37. The molecule has 0 radical (unpaired) electrons. The van der Waals surface area contributed by atoms with Crippen LogP contribution in [0.15, 0.2) is 45.9 Å². The molecular weight excluding hydrogens is 563 g/mol. The molecule has 176 valence electrons. The highest BCUT2D eigenvalue weighted by Gasteiger charge is 2.36. The zero-order valence-corrected chi connectivity index (χ0v) is 19.9. The summed E-state index contributed by atoms with van der Waals surface area (Å²) in [6.07, 6.45) is -3.14. The molecule has 2 heterocycles. The quantitative estimate of drug-likeness (QED) is 0.397. The summed E-state index contributed by atoms with van der Waals surface area (Å²) in [5.41, 5.74) is 0.195. The number of hydrogen-bond acceptors (Lipinski definition) is 5. The van der Waals surface area contributed by atoms with Crippen molar-refractivity contribution in [3.05, 3.63) is 67.6 Å². The van der Waals surface area contributed by atoms with Crippen LogP contribution in [-0.2, 0) is 22.3 Å². The van der Waals surface area contributed by atoms with Gasteiger partial charge in [-0.1, -0.05) is 23.7 Å². The number of nitrogens with zero attached hydrogens (tertiary/aromatic N) is 3. The first-order valence-electron chi connectivity index (χ1n) is 9.43. The van der Waals surface area contributed by atoms with Gasteiger partial charge in [0.05, 0.1) is 22.5 Å². The number of aromatic nitrogens is 2. The zero-order chi connectivity index (χ0) is 24.8. The van der Waals surface area contributed by atoms with E-state index >= 15 is 0 Å². The van der Waals surface area contributed by atoms with E-state index in [0.717, 1.165) is 6.07 Å². The third-order valence-corrected chi connectivity index (χ3v) is 6.62. The maximum absolute atomic E-state index is 13.5. The molecule has 34 heavy (non-hydrogen) atoms. The molecule has 1 fully saturated rings. The van der Waals surface area contributed by atoms with Crippen LogP contribution in [-0.4, -0.2) is 43.4 Å². The molecule has 2 aromatic carbocycles. The summed E-state index contributed by atoms with van der Waals surface area (Å²) in [6, 6.07) is 8.44. The average molecular weight is 575 g/mol. The van der Waals surface area contributed by atoms with Crippen molar-refractivity contribution in [2.45, 2.75) is 12.7 Å². The molecule has 7 nitrogen and oxygen atoms in total. The van der Waals surface area contributed by atoms with Gasteiger partial charge in [-0.05, 0) is 69.2 Å². The summed E-state index contributed by atoms with van der Waals surface area (Å²) in [5, 5.41) is 13.0. The number of carboxylic acids is 1. The fourth-order valence-electron chi connectivity index (χ4n) is 3.40. The molecule has 0 aliphatic carbocycles. The summed E-state index contributed by atoms with van der Waals surface area (Å²) in [7, 11) is 0. The van der Waals surface area contributed by atoms with Gasteiger partial charge in [0.1, 0.15) is 11.1 Å². The molecule has 4 rings (SSSR count). The third kappa shape index (κ3) is 4.84. The van der Waals surface area contributed by atoms with Crippen molar-refractivity contribution in [3.8, 4) is 0 Å².